The maximum Gasteiger partial charge on any atom is 0.238 e. The summed E-state index contributed by atoms with van der Waals surface area (Å²) in [5.74, 6) is 0.0311. The molecule has 2 aliphatic heterocycles. The van der Waals surface area contributed by atoms with Crippen molar-refractivity contribution in [2.45, 2.75) is 51.4 Å². The first kappa shape index (κ1) is 18.9. The molecule has 0 unspecified atom stereocenters. The minimum Gasteiger partial charge on any atom is -0.289 e. The molecule has 142 valence electrons. The van der Waals surface area contributed by atoms with Gasteiger partial charge in [0.1, 0.15) is 0 Å². The van der Waals surface area contributed by atoms with E-state index in [2.05, 4.69) is 10.9 Å². The maximum atomic E-state index is 12.2. The fourth-order valence-electron chi connectivity index (χ4n) is 3.66. The van der Waals surface area contributed by atoms with Crippen LogP contribution in [0.25, 0.3) is 0 Å². The Morgan fingerprint density at radius 3 is 1.58 bits per heavy atom. The maximum absolute atomic E-state index is 12.2. The SMILES string of the molecule is O=C(Cc1cccc(CC(=O)NN2CCCCC2)c1)NN1CCCCC1. The number of carbonyl (C=O) groups excluding carboxylic acids is 2. The summed E-state index contributed by atoms with van der Waals surface area (Å²) >= 11 is 0. The van der Waals surface area contributed by atoms with Gasteiger partial charge in [-0.15, -0.1) is 0 Å². The number of carbonyl (C=O) groups is 2. The molecular weight excluding hydrogens is 328 g/mol. The highest BCUT2D eigenvalue weighted by Gasteiger charge is 2.15. The van der Waals surface area contributed by atoms with E-state index in [4.69, 9.17) is 0 Å². The van der Waals surface area contributed by atoms with Gasteiger partial charge in [-0.1, -0.05) is 37.1 Å². The van der Waals surface area contributed by atoms with Crippen molar-refractivity contribution in [2.24, 2.45) is 0 Å². The van der Waals surface area contributed by atoms with Gasteiger partial charge in [-0.05, 0) is 36.8 Å². The molecule has 2 fully saturated rings. The first-order chi connectivity index (χ1) is 12.7. The average Bonchev–Trinajstić information content (AvgIpc) is 2.63. The predicted octanol–water partition coefficient (Wildman–Crippen LogP) is 1.81. The van der Waals surface area contributed by atoms with E-state index in [1.807, 2.05) is 34.3 Å². The van der Waals surface area contributed by atoms with E-state index in [1.54, 1.807) is 0 Å². The van der Waals surface area contributed by atoms with Crippen molar-refractivity contribution in [3.63, 3.8) is 0 Å². The number of nitrogens with one attached hydrogen (secondary N) is 2. The van der Waals surface area contributed by atoms with Crippen molar-refractivity contribution in [2.75, 3.05) is 26.2 Å². The topological polar surface area (TPSA) is 64.7 Å². The van der Waals surface area contributed by atoms with Crippen LogP contribution in [-0.4, -0.2) is 48.0 Å². The van der Waals surface area contributed by atoms with Gasteiger partial charge in [0.2, 0.25) is 11.8 Å². The Morgan fingerprint density at radius 2 is 1.15 bits per heavy atom. The summed E-state index contributed by atoms with van der Waals surface area (Å²) < 4.78 is 0. The minimum absolute atomic E-state index is 0.0156. The second kappa shape index (κ2) is 9.69. The Balaban J connectivity index is 1.47. The molecule has 1 aromatic carbocycles. The van der Waals surface area contributed by atoms with Crippen molar-refractivity contribution < 1.29 is 9.59 Å². The summed E-state index contributed by atoms with van der Waals surface area (Å²) in [5.41, 5.74) is 7.87. The summed E-state index contributed by atoms with van der Waals surface area (Å²) in [6.45, 7) is 3.73. The van der Waals surface area contributed by atoms with E-state index in [0.717, 1.165) is 63.0 Å². The summed E-state index contributed by atoms with van der Waals surface area (Å²) in [5, 5.41) is 4.03. The monoisotopic (exact) mass is 358 g/mol. The molecule has 2 aliphatic rings. The smallest absolute Gasteiger partial charge is 0.238 e. The molecule has 2 amide bonds. The number of hydrazine groups is 2. The molecule has 0 saturated carbocycles. The lowest BCUT2D eigenvalue weighted by molar-refractivity contribution is -0.126. The largest absolute Gasteiger partial charge is 0.289 e. The molecule has 3 rings (SSSR count). The molecule has 2 heterocycles. The van der Waals surface area contributed by atoms with E-state index in [0.29, 0.717) is 12.8 Å². The second-order valence-corrected chi connectivity index (χ2v) is 7.34. The number of amides is 2. The standard InChI is InChI=1S/C20H30N4O2/c25-19(21-23-10-3-1-4-11-23)15-17-8-7-9-18(14-17)16-20(26)22-24-12-5-2-6-13-24/h7-9,14H,1-6,10-13,15-16H2,(H,21,25)(H,22,26). The number of rotatable bonds is 6. The molecule has 26 heavy (non-hydrogen) atoms. The number of benzene rings is 1. The zero-order valence-corrected chi connectivity index (χ0v) is 15.5. The first-order valence-electron chi connectivity index (χ1n) is 9.86. The Labute approximate surface area is 155 Å². The average molecular weight is 358 g/mol. The molecule has 0 bridgehead atoms. The summed E-state index contributed by atoms with van der Waals surface area (Å²) in [6, 6.07) is 7.78. The fraction of sp³-hybridized carbons (Fsp3) is 0.600. The third-order valence-corrected chi connectivity index (χ3v) is 5.00. The Bertz CT molecular complexity index is 558. The van der Waals surface area contributed by atoms with Crippen LogP contribution in [0.5, 0.6) is 0 Å². The molecule has 0 aliphatic carbocycles. The zero-order chi connectivity index (χ0) is 18.2. The van der Waals surface area contributed by atoms with Gasteiger partial charge >= 0.3 is 0 Å². The van der Waals surface area contributed by atoms with Crippen LogP contribution < -0.4 is 10.9 Å². The van der Waals surface area contributed by atoms with Crippen LogP contribution in [-0.2, 0) is 22.4 Å². The third-order valence-electron chi connectivity index (χ3n) is 5.00. The fourth-order valence-corrected chi connectivity index (χ4v) is 3.66. The molecule has 0 spiro atoms. The van der Waals surface area contributed by atoms with Crippen molar-refractivity contribution >= 4 is 11.8 Å². The van der Waals surface area contributed by atoms with E-state index >= 15 is 0 Å². The van der Waals surface area contributed by atoms with Gasteiger partial charge in [0.25, 0.3) is 0 Å². The molecule has 6 nitrogen and oxygen atoms in total. The van der Waals surface area contributed by atoms with Gasteiger partial charge in [-0.3, -0.25) is 20.4 Å². The lowest BCUT2D eigenvalue weighted by Gasteiger charge is -2.27. The van der Waals surface area contributed by atoms with Gasteiger partial charge in [0, 0.05) is 26.2 Å². The number of piperidine rings is 2. The number of hydrogen-bond donors (Lipinski definition) is 2. The van der Waals surface area contributed by atoms with Crippen LogP contribution in [0.1, 0.15) is 49.7 Å². The second-order valence-electron chi connectivity index (χ2n) is 7.34. The summed E-state index contributed by atoms with van der Waals surface area (Å²) in [7, 11) is 0. The molecule has 2 saturated heterocycles. The lowest BCUT2D eigenvalue weighted by Crippen LogP contribution is -2.45. The van der Waals surface area contributed by atoms with E-state index < -0.39 is 0 Å². The summed E-state index contributed by atoms with van der Waals surface area (Å²) in [6.07, 6.45) is 7.74. The molecule has 0 atom stereocenters. The quantitative estimate of drug-likeness (QED) is 0.814. The lowest BCUT2D eigenvalue weighted by atomic mass is 10.1. The minimum atomic E-state index is 0.0156. The van der Waals surface area contributed by atoms with Gasteiger partial charge in [-0.2, -0.15) is 0 Å². The molecule has 6 heteroatoms. The highest BCUT2D eigenvalue weighted by Crippen LogP contribution is 2.10. The summed E-state index contributed by atoms with van der Waals surface area (Å²) in [4.78, 5) is 24.5. The van der Waals surface area contributed by atoms with Crippen molar-refractivity contribution in [3.05, 3.63) is 35.4 Å². The number of nitrogens with zero attached hydrogens (tertiary/aromatic N) is 2. The first-order valence-corrected chi connectivity index (χ1v) is 9.86. The van der Waals surface area contributed by atoms with Crippen LogP contribution in [0.4, 0.5) is 0 Å². The van der Waals surface area contributed by atoms with Crippen LogP contribution in [0, 0.1) is 0 Å². The van der Waals surface area contributed by atoms with Crippen molar-refractivity contribution in [3.8, 4) is 0 Å². The molecule has 1 aromatic rings. The van der Waals surface area contributed by atoms with Gasteiger partial charge in [0.15, 0.2) is 0 Å². The van der Waals surface area contributed by atoms with Crippen LogP contribution >= 0.6 is 0 Å². The van der Waals surface area contributed by atoms with Crippen LogP contribution in [0.2, 0.25) is 0 Å². The zero-order valence-electron chi connectivity index (χ0n) is 15.5. The van der Waals surface area contributed by atoms with Crippen molar-refractivity contribution in [1.29, 1.82) is 0 Å². The number of hydrogen-bond acceptors (Lipinski definition) is 4. The molecule has 0 aromatic heterocycles. The van der Waals surface area contributed by atoms with E-state index in [1.165, 1.54) is 12.8 Å². The Hall–Kier alpha value is -1.92. The normalized spacial score (nSPS) is 19.1. The third kappa shape index (κ3) is 6.11. The Morgan fingerprint density at radius 1 is 0.731 bits per heavy atom. The van der Waals surface area contributed by atoms with Gasteiger partial charge < -0.3 is 0 Å². The Kier molecular flexibility index (Phi) is 7.03. The van der Waals surface area contributed by atoms with E-state index in [-0.39, 0.29) is 11.8 Å². The molecule has 2 N–H and O–H groups in total. The molecule has 0 radical (unpaired) electrons. The molecular formula is C20H30N4O2. The van der Waals surface area contributed by atoms with Gasteiger partial charge in [0.05, 0.1) is 12.8 Å². The van der Waals surface area contributed by atoms with Crippen LogP contribution in [0.3, 0.4) is 0 Å². The highest BCUT2D eigenvalue weighted by molar-refractivity contribution is 5.79. The predicted molar refractivity (Wildman–Crippen MR) is 101 cm³/mol. The van der Waals surface area contributed by atoms with Crippen LogP contribution in [0.15, 0.2) is 24.3 Å². The van der Waals surface area contributed by atoms with Crippen molar-refractivity contribution in [1.82, 2.24) is 20.9 Å². The van der Waals surface area contributed by atoms with E-state index in [9.17, 15) is 9.59 Å². The highest BCUT2D eigenvalue weighted by atomic mass is 16.2. The van der Waals surface area contributed by atoms with Gasteiger partial charge in [-0.25, -0.2) is 10.0 Å².